The van der Waals surface area contributed by atoms with Crippen LogP contribution in [0, 0.1) is 5.92 Å². The standard InChI is InChI=1S/C8H10N2O2/c11-8(7-3-4-10-12-7)9-5-6-1-2-6/h3-4,6H,1-2,5H2,(H,9,11). The zero-order valence-corrected chi connectivity index (χ0v) is 6.62. The van der Waals surface area contributed by atoms with E-state index in [4.69, 9.17) is 0 Å². The monoisotopic (exact) mass is 166 g/mol. The van der Waals surface area contributed by atoms with Gasteiger partial charge in [0.2, 0.25) is 5.76 Å². The Hall–Kier alpha value is -1.32. The molecule has 1 aliphatic rings. The van der Waals surface area contributed by atoms with Crippen molar-refractivity contribution in [3.63, 3.8) is 0 Å². The van der Waals surface area contributed by atoms with Gasteiger partial charge in [-0.25, -0.2) is 0 Å². The van der Waals surface area contributed by atoms with Crippen LogP contribution in [0.15, 0.2) is 16.8 Å². The molecule has 0 aromatic carbocycles. The van der Waals surface area contributed by atoms with E-state index >= 15 is 0 Å². The number of aromatic nitrogens is 1. The van der Waals surface area contributed by atoms with Crippen molar-refractivity contribution in [3.8, 4) is 0 Å². The van der Waals surface area contributed by atoms with Gasteiger partial charge in [0.25, 0.3) is 5.91 Å². The molecular weight excluding hydrogens is 156 g/mol. The van der Waals surface area contributed by atoms with Crippen LogP contribution in [0.5, 0.6) is 0 Å². The minimum Gasteiger partial charge on any atom is -0.351 e. The molecule has 1 N–H and O–H groups in total. The summed E-state index contributed by atoms with van der Waals surface area (Å²) in [6.07, 6.45) is 3.93. The quantitative estimate of drug-likeness (QED) is 0.723. The Labute approximate surface area is 69.9 Å². The van der Waals surface area contributed by atoms with Crippen molar-refractivity contribution in [2.75, 3.05) is 6.54 Å². The fraction of sp³-hybridized carbons (Fsp3) is 0.500. The van der Waals surface area contributed by atoms with Gasteiger partial charge in [-0.05, 0) is 18.8 Å². The summed E-state index contributed by atoms with van der Waals surface area (Å²) in [6.45, 7) is 0.763. The molecular formula is C8H10N2O2. The van der Waals surface area contributed by atoms with Gasteiger partial charge >= 0.3 is 0 Å². The maximum Gasteiger partial charge on any atom is 0.289 e. The number of hydrogen-bond donors (Lipinski definition) is 1. The third-order valence-electron chi connectivity index (χ3n) is 1.91. The van der Waals surface area contributed by atoms with Gasteiger partial charge in [-0.15, -0.1) is 0 Å². The van der Waals surface area contributed by atoms with Crippen molar-refractivity contribution < 1.29 is 9.32 Å². The van der Waals surface area contributed by atoms with Gasteiger partial charge in [0.05, 0.1) is 6.20 Å². The van der Waals surface area contributed by atoms with Crippen LogP contribution in [0.3, 0.4) is 0 Å². The zero-order valence-electron chi connectivity index (χ0n) is 6.62. The molecule has 1 amide bonds. The highest BCUT2D eigenvalue weighted by Gasteiger charge is 2.22. The van der Waals surface area contributed by atoms with E-state index < -0.39 is 0 Å². The van der Waals surface area contributed by atoms with Gasteiger partial charge in [0.15, 0.2) is 0 Å². The molecule has 4 nitrogen and oxygen atoms in total. The average Bonchev–Trinajstić information content (AvgIpc) is 2.74. The lowest BCUT2D eigenvalue weighted by Gasteiger charge is -1.98. The molecule has 64 valence electrons. The van der Waals surface area contributed by atoms with E-state index in [1.807, 2.05) is 0 Å². The number of nitrogens with one attached hydrogen (secondary N) is 1. The van der Waals surface area contributed by atoms with Crippen LogP contribution in [-0.4, -0.2) is 17.6 Å². The Bertz CT molecular complexity index is 265. The second kappa shape index (κ2) is 2.97. The zero-order chi connectivity index (χ0) is 8.39. The minimum atomic E-state index is -0.167. The van der Waals surface area contributed by atoms with Crippen molar-refractivity contribution in [1.82, 2.24) is 10.5 Å². The van der Waals surface area contributed by atoms with Gasteiger partial charge in [-0.3, -0.25) is 4.79 Å². The molecule has 1 heterocycles. The average molecular weight is 166 g/mol. The summed E-state index contributed by atoms with van der Waals surface area (Å²) < 4.78 is 4.69. The van der Waals surface area contributed by atoms with Gasteiger partial charge in [0.1, 0.15) is 0 Å². The molecule has 1 aromatic rings. The summed E-state index contributed by atoms with van der Waals surface area (Å²) in [4.78, 5) is 11.2. The molecule has 0 unspecified atom stereocenters. The molecule has 1 aliphatic carbocycles. The first-order valence-electron chi connectivity index (χ1n) is 4.05. The van der Waals surface area contributed by atoms with E-state index in [-0.39, 0.29) is 11.7 Å². The maximum atomic E-state index is 11.2. The smallest absolute Gasteiger partial charge is 0.289 e. The molecule has 0 atom stereocenters. The fourth-order valence-electron chi connectivity index (χ4n) is 0.979. The Morgan fingerprint density at radius 1 is 1.75 bits per heavy atom. The molecule has 0 bridgehead atoms. The van der Waals surface area contributed by atoms with Crippen LogP contribution in [0.1, 0.15) is 23.4 Å². The first kappa shape index (κ1) is 7.34. The number of rotatable bonds is 3. The maximum absolute atomic E-state index is 11.2. The highest BCUT2D eigenvalue weighted by atomic mass is 16.5. The Morgan fingerprint density at radius 2 is 2.58 bits per heavy atom. The predicted octanol–water partition coefficient (Wildman–Crippen LogP) is 0.814. The fourth-order valence-corrected chi connectivity index (χ4v) is 0.979. The molecule has 2 rings (SSSR count). The molecule has 0 aliphatic heterocycles. The number of nitrogens with zero attached hydrogens (tertiary/aromatic N) is 1. The molecule has 12 heavy (non-hydrogen) atoms. The predicted molar refractivity (Wildman–Crippen MR) is 41.6 cm³/mol. The van der Waals surface area contributed by atoms with Crippen molar-refractivity contribution >= 4 is 5.91 Å². The molecule has 0 spiro atoms. The van der Waals surface area contributed by atoms with Crippen molar-refractivity contribution in [2.45, 2.75) is 12.8 Å². The lowest BCUT2D eigenvalue weighted by molar-refractivity contribution is 0.0915. The summed E-state index contributed by atoms with van der Waals surface area (Å²) in [6, 6.07) is 1.56. The van der Waals surface area contributed by atoms with Crippen LogP contribution >= 0.6 is 0 Å². The van der Waals surface area contributed by atoms with Crippen LogP contribution in [-0.2, 0) is 0 Å². The lowest BCUT2D eigenvalue weighted by atomic mass is 10.4. The second-order valence-corrected chi connectivity index (χ2v) is 3.03. The summed E-state index contributed by atoms with van der Waals surface area (Å²) in [5.74, 6) is 0.812. The SMILES string of the molecule is O=C(NCC1CC1)c1ccno1. The second-order valence-electron chi connectivity index (χ2n) is 3.03. The summed E-state index contributed by atoms with van der Waals surface area (Å²) in [7, 11) is 0. The van der Waals surface area contributed by atoms with Crippen molar-refractivity contribution in [2.24, 2.45) is 5.92 Å². The van der Waals surface area contributed by atoms with E-state index in [1.165, 1.54) is 19.0 Å². The van der Waals surface area contributed by atoms with E-state index in [1.54, 1.807) is 6.07 Å². The van der Waals surface area contributed by atoms with Crippen LogP contribution < -0.4 is 5.32 Å². The third-order valence-corrected chi connectivity index (χ3v) is 1.91. The molecule has 1 aromatic heterocycles. The van der Waals surface area contributed by atoms with Crippen LogP contribution in [0.2, 0.25) is 0 Å². The Morgan fingerprint density at radius 3 is 3.17 bits per heavy atom. The van der Waals surface area contributed by atoms with E-state index in [0.29, 0.717) is 5.92 Å². The largest absolute Gasteiger partial charge is 0.351 e. The molecule has 4 heteroatoms. The first-order chi connectivity index (χ1) is 5.86. The molecule has 0 saturated heterocycles. The lowest BCUT2D eigenvalue weighted by Crippen LogP contribution is -2.24. The van der Waals surface area contributed by atoms with E-state index in [9.17, 15) is 4.79 Å². The highest BCUT2D eigenvalue weighted by Crippen LogP contribution is 2.27. The number of hydrogen-bond acceptors (Lipinski definition) is 3. The molecule has 1 saturated carbocycles. The topological polar surface area (TPSA) is 55.1 Å². The summed E-state index contributed by atoms with van der Waals surface area (Å²) in [5.41, 5.74) is 0. The van der Waals surface area contributed by atoms with Crippen molar-refractivity contribution in [1.29, 1.82) is 0 Å². The number of carbonyl (C=O) groups is 1. The van der Waals surface area contributed by atoms with E-state index in [2.05, 4.69) is 15.0 Å². The van der Waals surface area contributed by atoms with Crippen LogP contribution in [0.4, 0.5) is 0 Å². The third kappa shape index (κ3) is 1.64. The van der Waals surface area contributed by atoms with Gasteiger partial charge < -0.3 is 9.84 Å². The normalized spacial score (nSPS) is 16.0. The van der Waals surface area contributed by atoms with E-state index in [0.717, 1.165) is 6.54 Å². The van der Waals surface area contributed by atoms with Gasteiger partial charge in [-0.1, -0.05) is 5.16 Å². The minimum absolute atomic E-state index is 0.167. The molecule has 0 radical (unpaired) electrons. The summed E-state index contributed by atoms with van der Waals surface area (Å²) in [5, 5.41) is 6.22. The Balaban J connectivity index is 1.83. The highest BCUT2D eigenvalue weighted by molar-refractivity contribution is 5.91. The molecule has 1 fully saturated rings. The van der Waals surface area contributed by atoms with Gasteiger partial charge in [-0.2, -0.15) is 0 Å². The Kier molecular flexibility index (Phi) is 1.81. The number of amides is 1. The van der Waals surface area contributed by atoms with Crippen molar-refractivity contribution in [3.05, 3.63) is 18.0 Å². The van der Waals surface area contributed by atoms with Gasteiger partial charge in [0, 0.05) is 12.6 Å². The van der Waals surface area contributed by atoms with Crippen LogP contribution in [0.25, 0.3) is 0 Å². The first-order valence-corrected chi connectivity index (χ1v) is 4.05. The summed E-state index contributed by atoms with van der Waals surface area (Å²) >= 11 is 0. The number of carbonyl (C=O) groups excluding carboxylic acids is 1.